The molecule has 0 spiro atoms. The first kappa shape index (κ1) is 12.3. The lowest BCUT2D eigenvalue weighted by atomic mass is 10.4. The number of anilines is 1. The highest BCUT2D eigenvalue weighted by atomic mass is 79.9. The Morgan fingerprint density at radius 2 is 2.35 bits per heavy atom. The topological polar surface area (TPSA) is 59.8 Å². The Morgan fingerprint density at radius 3 is 2.88 bits per heavy atom. The van der Waals surface area contributed by atoms with Crippen molar-refractivity contribution in [3.05, 3.63) is 27.4 Å². The van der Waals surface area contributed by atoms with E-state index in [4.69, 9.17) is 0 Å². The second-order valence-corrected chi connectivity index (χ2v) is 6.01. The number of hydrogen-bond donors (Lipinski definition) is 1. The molecule has 0 unspecified atom stereocenters. The Labute approximate surface area is 111 Å². The number of aromatic nitrogens is 3. The lowest BCUT2D eigenvalue weighted by Gasteiger charge is -2.03. The fraction of sp³-hybridized carbons (Fsp3) is 0.300. The minimum atomic E-state index is -0.127. The Balaban J connectivity index is 2.00. The SMILES string of the molecule is Cc1cc(C)n(CC(=O)Nc2ncc(Br)s2)n1. The van der Waals surface area contributed by atoms with Crippen LogP contribution in [0.2, 0.25) is 0 Å². The fourth-order valence-electron chi connectivity index (χ4n) is 1.44. The van der Waals surface area contributed by atoms with E-state index in [1.807, 2.05) is 19.9 Å². The van der Waals surface area contributed by atoms with Gasteiger partial charge in [-0.1, -0.05) is 11.3 Å². The molecule has 1 N–H and O–H groups in total. The third-order valence-electron chi connectivity index (χ3n) is 2.12. The van der Waals surface area contributed by atoms with Gasteiger partial charge in [0.25, 0.3) is 0 Å². The molecule has 1 amide bonds. The first-order chi connectivity index (χ1) is 8.04. The summed E-state index contributed by atoms with van der Waals surface area (Å²) in [5, 5.41) is 7.54. The van der Waals surface area contributed by atoms with Crippen molar-refractivity contribution < 1.29 is 4.79 Å². The zero-order chi connectivity index (χ0) is 12.4. The minimum absolute atomic E-state index is 0.127. The van der Waals surface area contributed by atoms with Gasteiger partial charge in [-0.2, -0.15) is 5.10 Å². The van der Waals surface area contributed by atoms with E-state index in [0.29, 0.717) is 5.13 Å². The number of amides is 1. The van der Waals surface area contributed by atoms with Gasteiger partial charge in [0.05, 0.1) is 15.7 Å². The second-order valence-electron chi connectivity index (χ2n) is 3.60. The highest BCUT2D eigenvalue weighted by Gasteiger charge is 2.09. The van der Waals surface area contributed by atoms with Gasteiger partial charge < -0.3 is 5.32 Å². The molecule has 0 saturated carbocycles. The molecule has 7 heteroatoms. The summed E-state index contributed by atoms with van der Waals surface area (Å²) in [6, 6.07) is 1.94. The molecule has 0 bridgehead atoms. The average molecular weight is 315 g/mol. The first-order valence-corrected chi connectivity index (χ1v) is 6.58. The maximum atomic E-state index is 11.7. The maximum absolute atomic E-state index is 11.7. The van der Waals surface area contributed by atoms with E-state index >= 15 is 0 Å². The molecule has 2 heterocycles. The Bertz CT molecular complexity index is 548. The quantitative estimate of drug-likeness (QED) is 0.946. The van der Waals surface area contributed by atoms with Crippen molar-refractivity contribution in [1.82, 2.24) is 14.8 Å². The molecular weight excluding hydrogens is 304 g/mol. The van der Waals surface area contributed by atoms with Gasteiger partial charge in [-0.25, -0.2) is 4.98 Å². The van der Waals surface area contributed by atoms with Crippen LogP contribution in [0.5, 0.6) is 0 Å². The average Bonchev–Trinajstić information content (AvgIpc) is 2.74. The summed E-state index contributed by atoms with van der Waals surface area (Å²) in [6.07, 6.45) is 1.66. The molecule has 5 nitrogen and oxygen atoms in total. The first-order valence-electron chi connectivity index (χ1n) is 4.97. The molecule has 0 aliphatic rings. The number of aryl methyl sites for hydroxylation is 2. The molecule has 0 atom stereocenters. The number of nitrogens with one attached hydrogen (secondary N) is 1. The monoisotopic (exact) mass is 314 g/mol. The van der Waals surface area contributed by atoms with Gasteiger partial charge in [-0.05, 0) is 35.8 Å². The largest absolute Gasteiger partial charge is 0.300 e. The number of nitrogens with zero attached hydrogens (tertiary/aromatic N) is 3. The van der Waals surface area contributed by atoms with Gasteiger partial charge in [-0.15, -0.1) is 0 Å². The van der Waals surface area contributed by atoms with Crippen LogP contribution in [0.1, 0.15) is 11.4 Å². The lowest BCUT2D eigenvalue weighted by Crippen LogP contribution is -2.20. The van der Waals surface area contributed by atoms with Gasteiger partial charge >= 0.3 is 0 Å². The third-order valence-corrected chi connectivity index (χ3v) is 3.51. The summed E-state index contributed by atoms with van der Waals surface area (Å²) >= 11 is 4.67. The Hall–Kier alpha value is -1.21. The second kappa shape index (κ2) is 4.97. The van der Waals surface area contributed by atoms with Crippen molar-refractivity contribution in [3.63, 3.8) is 0 Å². The summed E-state index contributed by atoms with van der Waals surface area (Å²) in [7, 11) is 0. The van der Waals surface area contributed by atoms with E-state index in [1.165, 1.54) is 11.3 Å². The Morgan fingerprint density at radius 1 is 1.59 bits per heavy atom. The molecule has 2 rings (SSSR count). The third kappa shape index (κ3) is 3.13. The van der Waals surface area contributed by atoms with Crippen molar-refractivity contribution >= 4 is 38.3 Å². The number of carbonyl (C=O) groups is 1. The van der Waals surface area contributed by atoms with Crippen LogP contribution in [-0.2, 0) is 11.3 Å². The van der Waals surface area contributed by atoms with Crippen LogP contribution >= 0.6 is 27.3 Å². The van der Waals surface area contributed by atoms with Crippen molar-refractivity contribution in [1.29, 1.82) is 0 Å². The van der Waals surface area contributed by atoms with Crippen molar-refractivity contribution in [2.24, 2.45) is 0 Å². The molecule has 17 heavy (non-hydrogen) atoms. The molecule has 0 aliphatic heterocycles. The van der Waals surface area contributed by atoms with Gasteiger partial charge in [0.2, 0.25) is 5.91 Å². The summed E-state index contributed by atoms with van der Waals surface area (Å²) in [5.74, 6) is -0.127. The number of rotatable bonds is 3. The molecule has 90 valence electrons. The van der Waals surface area contributed by atoms with Gasteiger partial charge in [0.15, 0.2) is 5.13 Å². The van der Waals surface area contributed by atoms with Crippen molar-refractivity contribution in [3.8, 4) is 0 Å². The van der Waals surface area contributed by atoms with E-state index in [-0.39, 0.29) is 12.5 Å². The van der Waals surface area contributed by atoms with E-state index in [0.717, 1.165) is 15.2 Å². The van der Waals surface area contributed by atoms with E-state index in [2.05, 4.69) is 31.3 Å². The predicted octanol–water partition coefficient (Wildman–Crippen LogP) is 2.36. The van der Waals surface area contributed by atoms with Crippen LogP contribution in [0.3, 0.4) is 0 Å². The predicted molar refractivity (Wildman–Crippen MR) is 70.1 cm³/mol. The van der Waals surface area contributed by atoms with Crippen LogP contribution in [0, 0.1) is 13.8 Å². The summed E-state index contributed by atoms with van der Waals surface area (Å²) in [6.45, 7) is 4.03. The number of carbonyl (C=O) groups excluding carboxylic acids is 1. The number of thiazole rings is 1. The standard InChI is InChI=1S/C10H11BrN4OS/c1-6-3-7(2)15(14-6)5-9(16)13-10-12-4-8(11)17-10/h3-4H,5H2,1-2H3,(H,12,13,16). The molecule has 0 saturated heterocycles. The Kier molecular flexibility index (Phi) is 3.58. The fourth-order valence-corrected chi connectivity index (χ4v) is 2.56. The number of halogens is 1. The lowest BCUT2D eigenvalue weighted by molar-refractivity contribution is -0.116. The van der Waals surface area contributed by atoms with Gasteiger partial charge in [0.1, 0.15) is 6.54 Å². The molecule has 0 aromatic carbocycles. The summed E-state index contributed by atoms with van der Waals surface area (Å²) in [4.78, 5) is 15.8. The molecule has 2 aromatic rings. The summed E-state index contributed by atoms with van der Waals surface area (Å²) < 4.78 is 2.56. The normalized spacial score (nSPS) is 10.5. The zero-order valence-electron chi connectivity index (χ0n) is 9.40. The summed E-state index contributed by atoms with van der Waals surface area (Å²) in [5.41, 5.74) is 1.88. The molecular formula is C10H11BrN4OS. The van der Waals surface area contributed by atoms with Crippen LogP contribution in [-0.4, -0.2) is 20.7 Å². The smallest absolute Gasteiger partial charge is 0.247 e. The molecule has 0 fully saturated rings. The van der Waals surface area contributed by atoms with Crippen molar-refractivity contribution in [2.45, 2.75) is 20.4 Å². The van der Waals surface area contributed by atoms with Crippen LogP contribution in [0.25, 0.3) is 0 Å². The number of hydrogen-bond acceptors (Lipinski definition) is 4. The van der Waals surface area contributed by atoms with Gasteiger partial charge in [-0.3, -0.25) is 9.48 Å². The van der Waals surface area contributed by atoms with E-state index in [1.54, 1.807) is 10.9 Å². The molecule has 0 radical (unpaired) electrons. The van der Waals surface area contributed by atoms with Crippen molar-refractivity contribution in [2.75, 3.05) is 5.32 Å². The zero-order valence-corrected chi connectivity index (χ0v) is 11.8. The molecule has 0 aliphatic carbocycles. The van der Waals surface area contributed by atoms with Crippen LogP contribution in [0.4, 0.5) is 5.13 Å². The highest BCUT2D eigenvalue weighted by molar-refractivity contribution is 9.11. The molecule has 2 aromatic heterocycles. The maximum Gasteiger partial charge on any atom is 0.247 e. The van der Waals surface area contributed by atoms with Crippen LogP contribution in [0.15, 0.2) is 16.0 Å². The van der Waals surface area contributed by atoms with Gasteiger partial charge in [0, 0.05) is 5.69 Å². The van der Waals surface area contributed by atoms with E-state index in [9.17, 15) is 4.79 Å². The van der Waals surface area contributed by atoms with Crippen LogP contribution < -0.4 is 5.32 Å². The minimum Gasteiger partial charge on any atom is -0.300 e. The van der Waals surface area contributed by atoms with E-state index < -0.39 is 0 Å². The highest BCUT2D eigenvalue weighted by Crippen LogP contribution is 2.22.